The molecule has 0 aliphatic heterocycles. The number of rotatable bonds is 8. The van der Waals surface area contributed by atoms with Gasteiger partial charge in [0.25, 0.3) is 0 Å². The Morgan fingerprint density at radius 2 is 1.78 bits per heavy atom. The molecule has 0 unspecified atom stereocenters. The van der Waals surface area contributed by atoms with Crippen molar-refractivity contribution in [1.29, 1.82) is 0 Å². The Morgan fingerprint density at radius 3 is 2.22 bits per heavy atom. The number of hydrogen-bond acceptors (Lipinski definition) is 5. The zero-order valence-corrected chi connectivity index (χ0v) is 12.9. The van der Waals surface area contributed by atoms with Crippen molar-refractivity contribution in [2.75, 3.05) is 32.4 Å². The molecule has 0 fully saturated rings. The van der Waals surface area contributed by atoms with E-state index < -0.39 is 7.82 Å². The van der Waals surface area contributed by atoms with Crippen molar-refractivity contribution in [1.82, 2.24) is 10.6 Å². The van der Waals surface area contributed by atoms with Gasteiger partial charge in [0.2, 0.25) is 0 Å². The molecule has 0 bridgehead atoms. The smallest absolute Gasteiger partial charge is 0.385 e. The largest absolute Gasteiger partial charge is 0.466 e. The third-order valence-corrected chi connectivity index (χ3v) is 2.65. The predicted octanol–water partition coefficient (Wildman–Crippen LogP) is -0.376. The Hall–Kier alpha value is 0.270. The fourth-order valence-electron chi connectivity index (χ4n) is 0.885. The summed E-state index contributed by atoms with van der Waals surface area (Å²) in [5, 5.41) is 6.46. The summed E-state index contributed by atoms with van der Waals surface area (Å²) in [6.45, 7) is 3.21. The molecule has 0 amide bonds. The second kappa shape index (κ2) is 13.7. The lowest BCUT2D eigenvalue weighted by molar-refractivity contribution is 0.275. The fourth-order valence-corrected chi connectivity index (χ4v) is 1.62. The molecule has 18 heavy (non-hydrogen) atoms. The van der Waals surface area contributed by atoms with Crippen molar-refractivity contribution < 1.29 is 19.2 Å². The van der Waals surface area contributed by atoms with Gasteiger partial charge >= 0.3 is 7.82 Å². The first-order chi connectivity index (χ1) is 8.27. The third kappa shape index (κ3) is 36.0. The number of hydrogen-bond donors (Lipinski definition) is 6. The first kappa shape index (κ1) is 20.6. The van der Waals surface area contributed by atoms with Crippen molar-refractivity contribution in [2.24, 2.45) is 5.73 Å². The molecular formula is C8H22N3O4PS2. The van der Waals surface area contributed by atoms with Crippen LogP contribution in [0.4, 0.5) is 0 Å². The van der Waals surface area contributed by atoms with Gasteiger partial charge in [-0.2, -0.15) is 0 Å². The summed E-state index contributed by atoms with van der Waals surface area (Å²) in [6, 6.07) is 0. The summed E-state index contributed by atoms with van der Waals surface area (Å²) in [6.07, 6.45) is 2.31. The van der Waals surface area contributed by atoms with Crippen molar-refractivity contribution in [3.63, 3.8) is 0 Å². The molecule has 0 saturated carbocycles. The van der Waals surface area contributed by atoms with Crippen LogP contribution >= 0.6 is 31.8 Å². The van der Waals surface area contributed by atoms with Crippen molar-refractivity contribution >= 4 is 36.1 Å². The van der Waals surface area contributed by atoms with Gasteiger partial charge in [-0.15, -0.1) is 0 Å². The second-order valence-electron chi connectivity index (χ2n) is 3.24. The van der Waals surface area contributed by atoms with Gasteiger partial charge in [0.05, 0.1) is 0 Å². The molecule has 0 atom stereocenters. The molecule has 0 radical (unpaired) electrons. The summed E-state index contributed by atoms with van der Waals surface area (Å²) in [5.41, 5.74) is 5.34. The van der Waals surface area contributed by atoms with Crippen LogP contribution in [0.15, 0.2) is 0 Å². The zero-order chi connectivity index (χ0) is 14.4. The maximum Gasteiger partial charge on any atom is 0.466 e. The Morgan fingerprint density at radius 1 is 1.28 bits per heavy atom. The Kier molecular flexibility index (Phi) is 15.7. The molecule has 0 spiro atoms. The SMILES string of the molecule is CNCCCNCCCSC(N)=S.O=P(O)(O)O. The van der Waals surface area contributed by atoms with Crippen LogP contribution in [0.1, 0.15) is 12.8 Å². The van der Waals surface area contributed by atoms with Gasteiger partial charge in [0.1, 0.15) is 4.32 Å². The van der Waals surface area contributed by atoms with Gasteiger partial charge in [0.15, 0.2) is 0 Å². The Bertz CT molecular complexity index is 244. The first-order valence-electron chi connectivity index (χ1n) is 5.33. The van der Waals surface area contributed by atoms with Crippen LogP contribution in [0.2, 0.25) is 0 Å². The van der Waals surface area contributed by atoms with Crippen LogP contribution in [-0.2, 0) is 4.57 Å². The quantitative estimate of drug-likeness (QED) is 0.202. The first-order valence-corrected chi connectivity index (χ1v) is 8.29. The van der Waals surface area contributed by atoms with E-state index in [1.807, 2.05) is 7.05 Å². The van der Waals surface area contributed by atoms with E-state index in [4.69, 9.17) is 37.2 Å². The monoisotopic (exact) mass is 319 g/mol. The molecule has 0 aromatic rings. The minimum atomic E-state index is -4.64. The van der Waals surface area contributed by atoms with Crippen LogP contribution in [0.5, 0.6) is 0 Å². The minimum Gasteiger partial charge on any atom is -0.385 e. The lowest BCUT2D eigenvalue weighted by Crippen LogP contribution is -2.21. The maximum atomic E-state index is 8.88. The highest BCUT2D eigenvalue weighted by Crippen LogP contribution is 2.25. The number of phosphoric acid groups is 1. The minimum absolute atomic E-state index is 0.551. The van der Waals surface area contributed by atoms with Crippen LogP contribution in [0.3, 0.4) is 0 Å². The van der Waals surface area contributed by atoms with Crippen LogP contribution in [0.25, 0.3) is 0 Å². The topological polar surface area (TPSA) is 128 Å². The molecule has 0 aliphatic carbocycles. The zero-order valence-electron chi connectivity index (χ0n) is 10.3. The maximum absolute atomic E-state index is 8.88. The van der Waals surface area contributed by atoms with E-state index in [2.05, 4.69) is 10.6 Å². The van der Waals surface area contributed by atoms with E-state index in [0.717, 1.165) is 31.8 Å². The number of nitrogens with two attached hydrogens (primary N) is 1. The summed E-state index contributed by atoms with van der Waals surface area (Å²) >= 11 is 6.30. The van der Waals surface area contributed by atoms with Crippen LogP contribution in [0, 0.1) is 0 Å². The van der Waals surface area contributed by atoms with Gasteiger partial charge in [-0.25, -0.2) is 4.57 Å². The lowest BCUT2D eigenvalue weighted by atomic mass is 10.4. The summed E-state index contributed by atoms with van der Waals surface area (Å²) in [5.74, 6) is 1.02. The highest BCUT2D eigenvalue weighted by molar-refractivity contribution is 8.22. The molecule has 0 aromatic heterocycles. The molecule has 7 N–H and O–H groups in total. The molecule has 0 aromatic carbocycles. The molecule has 0 heterocycles. The van der Waals surface area contributed by atoms with E-state index >= 15 is 0 Å². The molecule has 10 heteroatoms. The van der Waals surface area contributed by atoms with Gasteiger partial charge in [-0.05, 0) is 39.5 Å². The summed E-state index contributed by atoms with van der Waals surface area (Å²) < 4.78 is 9.43. The molecule has 0 aliphatic rings. The van der Waals surface area contributed by atoms with E-state index in [1.54, 1.807) is 11.8 Å². The highest BCUT2D eigenvalue weighted by atomic mass is 32.2. The van der Waals surface area contributed by atoms with Gasteiger partial charge in [-0.3, -0.25) is 0 Å². The second-order valence-corrected chi connectivity index (χ2v) is 6.10. The van der Waals surface area contributed by atoms with Crippen LogP contribution < -0.4 is 16.4 Å². The molecular weight excluding hydrogens is 297 g/mol. The summed E-state index contributed by atoms with van der Waals surface area (Å²) in [7, 11) is -2.67. The van der Waals surface area contributed by atoms with Crippen molar-refractivity contribution in [3.8, 4) is 0 Å². The average Bonchev–Trinajstić information content (AvgIpc) is 2.19. The highest BCUT2D eigenvalue weighted by Gasteiger charge is 2.00. The van der Waals surface area contributed by atoms with Gasteiger partial charge in [0, 0.05) is 5.75 Å². The standard InChI is InChI=1S/C8H19N3S2.H3O4P/c1-10-4-2-5-11-6-3-7-13-8(9)12;1-5(2,3)4/h10-11H,2-7H2,1H3,(H2,9,12);(H3,1,2,3,4). The van der Waals surface area contributed by atoms with Crippen LogP contribution in [-0.4, -0.2) is 51.4 Å². The number of thioether (sulfide) groups is 1. The van der Waals surface area contributed by atoms with E-state index in [9.17, 15) is 0 Å². The van der Waals surface area contributed by atoms with Crippen molar-refractivity contribution in [2.45, 2.75) is 12.8 Å². The van der Waals surface area contributed by atoms with Gasteiger partial charge in [-0.1, -0.05) is 24.0 Å². The van der Waals surface area contributed by atoms with E-state index in [1.165, 1.54) is 6.42 Å². The fraction of sp³-hybridized carbons (Fsp3) is 0.875. The third-order valence-electron chi connectivity index (χ3n) is 1.52. The number of nitrogens with one attached hydrogen (secondary N) is 2. The summed E-state index contributed by atoms with van der Waals surface area (Å²) in [4.78, 5) is 21.6. The lowest BCUT2D eigenvalue weighted by Gasteiger charge is -2.03. The average molecular weight is 319 g/mol. The molecule has 7 nitrogen and oxygen atoms in total. The number of thiocarbonyl (C=S) groups is 1. The van der Waals surface area contributed by atoms with E-state index in [0.29, 0.717) is 4.32 Å². The Balaban J connectivity index is 0. The van der Waals surface area contributed by atoms with Crippen molar-refractivity contribution in [3.05, 3.63) is 0 Å². The normalized spacial score (nSPS) is 10.7. The predicted molar refractivity (Wildman–Crippen MR) is 79.5 cm³/mol. The molecule has 0 rings (SSSR count). The molecule has 110 valence electrons. The van der Waals surface area contributed by atoms with Gasteiger partial charge < -0.3 is 31.0 Å². The Labute approximate surface area is 117 Å². The van der Waals surface area contributed by atoms with E-state index in [-0.39, 0.29) is 0 Å². The molecule has 0 saturated heterocycles.